The Balaban J connectivity index is 2.62. The second-order valence-electron chi connectivity index (χ2n) is 3.36. The first-order valence-corrected chi connectivity index (χ1v) is 4.93. The molecule has 0 aliphatic rings. The molecule has 5 heteroatoms. The van der Waals surface area contributed by atoms with E-state index < -0.39 is 0 Å². The summed E-state index contributed by atoms with van der Waals surface area (Å²) in [7, 11) is 1.55. The quantitative estimate of drug-likeness (QED) is 0.823. The lowest BCUT2D eigenvalue weighted by molar-refractivity contribution is 0.406. The number of hydrogen-bond donors (Lipinski definition) is 1. The van der Waals surface area contributed by atoms with Gasteiger partial charge in [0.05, 0.1) is 12.5 Å². The fourth-order valence-electron chi connectivity index (χ4n) is 1.49. The van der Waals surface area contributed by atoms with Crippen molar-refractivity contribution < 1.29 is 9.26 Å². The van der Waals surface area contributed by atoms with Crippen molar-refractivity contribution in [2.45, 2.75) is 6.42 Å². The molecule has 2 N–H and O–H groups in total. The number of hydrogen-bond acceptors (Lipinski definition) is 5. The molecule has 16 heavy (non-hydrogen) atoms. The van der Waals surface area contributed by atoms with E-state index in [1.54, 1.807) is 25.3 Å². The van der Waals surface area contributed by atoms with Crippen molar-refractivity contribution >= 4 is 11.0 Å². The summed E-state index contributed by atoms with van der Waals surface area (Å²) in [4.78, 5) is 11.9. The van der Waals surface area contributed by atoms with Gasteiger partial charge in [-0.25, -0.2) is 0 Å². The highest BCUT2D eigenvalue weighted by Gasteiger charge is 2.08. The van der Waals surface area contributed by atoms with Crippen molar-refractivity contribution in [1.82, 2.24) is 5.16 Å². The van der Waals surface area contributed by atoms with E-state index in [2.05, 4.69) is 5.16 Å². The van der Waals surface area contributed by atoms with Crippen molar-refractivity contribution in [3.05, 3.63) is 34.1 Å². The Labute approximate surface area is 91.8 Å². The Morgan fingerprint density at radius 3 is 3.00 bits per heavy atom. The lowest BCUT2D eigenvalue weighted by Gasteiger charge is -2.01. The van der Waals surface area contributed by atoms with Crippen LogP contribution in [0.5, 0.6) is 5.75 Å². The summed E-state index contributed by atoms with van der Waals surface area (Å²) in [6.45, 7) is 0.374. The number of aromatic nitrogens is 1. The van der Waals surface area contributed by atoms with Crippen LogP contribution < -0.4 is 15.9 Å². The van der Waals surface area contributed by atoms with Gasteiger partial charge in [0.2, 0.25) is 5.43 Å². The topological polar surface area (TPSA) is 78.4 Å². The molecular formula is C11H12N2O3. The first-order chi connectivity index (χ1) is 7.76. The predicted molar refractivity (Wildman–Crippen MR) is 59.6 cm³/mol. The monoisotopic (exact) mass is 220 g/mol. The fourth-order valence-corrected chi connectivity index (χ4v) is 1.49. The van der Waals surface area contributed by atoms with Crippen LogP contribution in [0.4, 0.5) is 0 Å². The lowest BCUT2D eigenvalue weighted by Crippen LogP contribution is -2.15. The molecule has 0 unspecified atom stereocenters. The smallest absolute Gasteiger partial charge is 0.214 e. The van der Waals surface area contributed by atoms with Crippen LogP contribution in [0.1, 0.15) is 5.69 Å². The largest absolute Gasteiger partial charge is 0.497 e. The maximum Gasteiger partial charge on any atom is 0.214 e. The second-order valence-corrected chi connectivity index (χ2v) is 3.36. The maximum atomic E-state index is 11.9. The van der Waals surface area contributed by atoms with Crippen molar-refractivity contribution in [1.29, 1.82) is 0 Å². The predicted octanol–water partition coefficient (Wildman–Crippen LogP) is 0.698. The van der Waals surface area contributed by atoms with E-state index in [-0.39, 0.29) is 5.43 Å². The van der Waals surface area contributed by atoms with Crippen LogP contribution in [0.3, 0.4) is 0 Å². The third kappa shape index (κ3) is 1.77. The van der Waals surface area contributed by atoms with Crippen LogP contribution in [0, 0.1) is 0 Å². The molecule has 1 aromatic heterocycles. The molecule has 0 atom stereocenters. The molecule has 0 saturated carbocycles. The van der Waals surface area contributed by atoms with Gasteiger partial charge in [-0.1, -0.05) is 5.16 Å². The second kappa shape index (κ2) is 4.32. The van der Waals surface area contributed by atoms with Crippen molar-refractivity contribution in [2.75, 3.05) is 13.7 Å². The average molecular weight is 220 g/mol. The van der Waals surface area contributed by atoms with Crippen molar-refractivity contribution in [2.24, 2.45) is 5.73 Å². The molecule has 0 spiro atoms. The average Bonchev–Trinajstić information content (AvgIpc) is 2.32. The summed E-state index contributed by atoms with van der Waals surface area (Å²) in [5, 5.41) is 4.25. The molecule has 0 bridgehead atoms. The van der Waals surface area contributed by atoms with Gasteiger partial charge >= 0.3 is 0 Å². The number of methoxy groups -OCH3 is 1. The first kappa shape index (κ1) is 10.6. The Hall–Kier alpha value is -1.88. The van der Waals surface area contributed by atoms with Gasteiger partial charge in [0.15, 0.2) is 5.58 Å². The molecular weight excluding hydrogens is 208 g/mol. The summed E-state index contributed by atoms with van der Waals surface area (Å²) < 4.78 is 10.2. The van der Waals surface area contributed by atoms with Crippen LogP contribution in [-0.4, -0.2) is 18.8 Å². The molecule has 0 aliphatic heterocycles. The summed E-state index contributed by atoms with van der Waals surface area (Å²) in [5.41, 5.74) is 6.03. The van der Waals surface area contributed by atoms with Crippen LogP contribution in [0.2, 0.25) is 0 Å². The molecule has 1 aromatic carbocycles. The lowest BCUT2D eigenvalue weighted by atomic mass is 10.2. The summed E-state index contributed by atoms with van der Waals surface area (Å²) >= 11 is 0. The Morgan fingerprint density at radius 2 is 2.31 bits per heavy atom. The zero-order valence-corrected chi connectivity index (χ0v) is 8.90. The molecule has 5 nitrogen and oxygen atoms in total. The summed E-state index contributed by atoms with van der Waals surface area (Å²) in [5.74, 6) is 0.629. The molecule has 2 rings (SSSR count). The van der Waals surface area contributed by atoms with Crippen LogP contribution >= 0.6 is 0 Å². The molecule has 0 saturated heterocycles. The Bertz CT molecular complexity index is 563. The zero-order chi connectivity index (χ0) is 11.5. The highest BCUT2D eigenvalue weighted by atomic mass is 16.5. The normalized spacial score (nSPS) is 10.6. The zero-order valence-electron chi connectivity index (χ0n) is 8.90. The Morgan fingerprint density at radius 1 is 1.50 bits per heavy atom. The molecule has 2 aromatic rings. The van der Waals surface area contributed by atoms with Gasteiger partial charge in [-0.05, 0) is 18.7 Å². The van der Waals surface area contributed by atoms with E-state index in [0.29, 0.717) is 35.4 Å². The minimum Gasteiger partial charge on any atom is -0.497 e. The van der Waals surface area contributed by atoms with Gasteiger partial charge in [0.1, 0.15) is 11.4 Å². The van der Waals surface area contributed by atoms with Crippen LogP contribution in [-0.2, 0) is 6.42 Å². The van der Waals surface area contributed by atoms with Crippen molar-refractivity contribution in [3.8, 4) is 5.75 Å². The number of ether oxygens (including phenoxy) is 1. The SMILES string of the molecule is COc1ccc2c(=O)c(CCN)noc2c1. The molecule has 0 amide bonds. The van der Waals surface area contributed by atoms with Gasteiger partial charge < -0.3 is 15.0 Å². The van der Waals surface area contributed by atoms with Crippen LogP contribution in [0.15, 0.2) is 27.5 Å². The first-order valence-electron chi connectivity index (χ1n) is 4.93. The van der Waals surface area contributed by atoms with Gasteiger partial charge in [-0.2, -0.15) is 0 Å². The molecule has 0 radical (unpaired) electrons. The molecule has 0 aliphatic carbocycles. The number of fused-ring (bicyclic) bond motifs is 1. The van der Waals surface area contributed by atoms with Gasteiger partial charge in [-0.15, -0.1) is 0 Å². The number of rotatable bonds is 3. The number of benzene rings is 1. The van der Waals surface area contributed by atoms with E-state index >= 15 is 0 Å². The van der Waals surface area contributed by atoms with E-state index in [0.717, 1.165) is 0 Å². The molecule has 84 valence electrons. The number of nitrogens with zero attached hydrogens (tertiary/aromatic N) is 1. The minimum atomic E-state index is -0.130. The van der Waals surface area contributed by atoms with Crippen LogP contribution in [0.25, 0.3) is 11.0 Å². The molecule has 0 fully saturated rings. The third-order valence-corrected chi connectivity index (χ3v) is 2.33. The fraction of sp³-hybridized carbons (Fsp3) is 0.273. The van der Waals surface area contributed by atoms with Gasteiger partial charge in [0.25, 0.3) is 0 Å². The van der Waals surface area contributed by atoms with Gasteiger partial charge in [0, 0.05) is 12.5 Å². The minimum absolute atomic E-state index is 0.130. The summed E-state index contributed by atoms with van der Waals surface area (Å²) in [6, 6.07) is 5.02. The standard InChI is InChI=1S/C11H12N2O3/c1-15-7-2-3-8-10(6-7)16-13-9(4-5-12)11(8)14/h2-3,6H,4-5,12H2,1H3. The van der Waals surface area contributed by atoms with E-state index in [4.69, 9.17) is 15.0 Å². The number of nitrogens with two attached hydrogens (primary N) is 1. The van der Waals surface area contributed by atoms with Gasteiger partial charge in [-0.3, -0.25) is 4.79 Å². The Kier molecular flexibility index (Phi) is 2.87. The summed E-state index contributed by atoms with van der Waals surface area (Å²) in [6.07, 6.45) is 0.421. The highest BCUT2D eigenvalue weighted by molar-refractivity contribution is 5.77. The molecule has 1 heterocycles. The third-order valence-electron chi connectivity index (χ3n) is 2.33. The van der Waals surface area contributed by atoms with E-state index in [1.807, 2.05) is 0 Å². The highest BCUT2D eigenvalue weighted by Crippen LogP contribution is 2.17. The van der Waals surface area contributed by atoms with Crippen molar-refractivity contribution in [3.63, 3.8) is 0 Å². The van der Waals surface area contributed by atoms with E-state index in [1.165, 1.54) is 0 Å². The van der Waals surface area contributed by atoms with E-state index in [9.17, 15) is 4.79 Å². The maximum absolute atomic E-state index is 11.9.